The number of benzene rings is 1. The van der Waals surface area contributed by atoms with Crippen LogP contribution in [-0.2, 0) is 0 Å². The van der Waals surface area contributed by atoms with E-state index in [0.29, 0.717) is 24.3 Å². The second-order valence-corrected chi connectivity index (χ2v) is 6.82. The predicted molar refractivity (Wildman–Crippen MR) is 87.1 cm³/mol. The third kappa shape index (κ3) is 5.25. The lowest BCUT2D eigenvalue weighted by Crippen LogP contribution is -2.35. The van der Waals surface area contributed by atoms with E-state index in [-0.39, 0.29) is 6.04 Å². The quantitative estimate of drug-likeness (QED) is 0.795. The maximum absolute atomic E-state index is 5.92. The van der Waals surface area contributed by atoms with Gasteiger partial charge in [0.1, 0.15) is 0 Å². The van der Waals surface area contributed by atoms with Crippen LogP contribution in [0.2, 0.25) is 0 Å². The molecule has 0 radical (unpaired) electrons. The molecule has 108 valence electrons. The van der Waals surface area contributed by atoms with Crippen LogP contribution in [0.15, 0.2) is 28.7 Å². The monoisotopic (exact) mass is 326 g/mol. The minimum Gasteiger partial charge on any atom is -0.329 e. The number of rotatable bonds is 7. The van der Waals surface area contributed by atoms with Crippen molar-refractivity contribution in [1.29, 1.82) is 0 Å². The molecule has 0 aliphatic carbocycles. The minimum atomic E-state index is 0.234. The molecule has 1 aromatic carbocycles. The number of nitrogens with one attached hydrogen (secondary N) is 1. The van der Waals surface area contributed by atoms with Gasteiger partial charge in [-0.2, -0.15) is 0 Å². The summed E-state index contributed by atoms with van der Waals surface area (Å²) >= 11 is 3.52. The topological polar surface area (TPSA) is 38.0 Å². The molecule has 2 nitrogen and oxygen atoms in total. The molecule has 3 N–H and O–H groups in total. The highest BCUT2D eigenvalue weighted by molar-refractivity contribution is 9.10. The molecule has 1 rings (SSSR count). The van der Waals surface area contributed by atoms with Gasteiger partial charge in [-0.15, -0.1) is 0 Å². The molecule has 0 aliphatic heterocycles. The summed E-state index contributed by atoms with van der Waals surface area (Å²) in [6.07, 6.45) is 0. The fraction of sp³-hybridized carbons (Fsp3) is 0.625. The van der Waals surface area contributed by atoms with E-state index in [4.69, 9.17) is 5.73 Å². The molecule has 0 heterocycles. The molecule has 0 aromatic heterocycles. The van der Waals surface area contributed by atoms with E-state index in [1.807, 2.05) is 6.07 Å². The first-order valence-corrected chi connectivity index (χ1v) is 7.94. The van der Waals surface area contributed by atoms with E-state index >= 15 is 0 Å². The van der Waals surface area contributed by atoms with Crippen molar-refractivity contribution in [2.75, 3.05) is 13.1 Å². The molecule has 0 saturated heterocycles. The Bertz CT molecular complexity index is 369. The summed E-state index contributed by atoms with van der Waals surface area (Å²) in [5, 5.41) is 3.63. The van der Waals surface area contributed by atoms with Crippen LogP contribution in [-0.4, -0.2) is 13.1 Å². The third-order valence-electron chi connectivity index (χ3n) is 3.80. The van der Waals surface area contributed by atoms with Gasteiger partial charge in [0, 0.05) is 17.1 Å². The summed E-state index contributed by atoms with van der Waals surface area (Å²) < 4.78 is 1.11. The lowest BCUT2D eigenvalue weighted by molar-refractivity contribution is 0.266. The van der Waals surface area contributed by atoms with Crippen molar-refractivity contribution in [3.05, 3.63) is 34.3 Å². The Kier molecular flexibility index (Phi) is 7.05. The smallest absolute Gasteiger partial charge is 0.0445 e. The first kappa shape index (κ1) is 16.7. The van der Waals surface area contributed by atoms with Crippen LogP contribution < -0.4 is 11.1 Å². The summed E-state index contributed by atoms with van der Waals surface area (Å²) in [5.41, 5.74) is 7.17. The third-order valence-corrected chi connectivity index (χ3v) is 4.29. The van der Waals surface area contributed by atoms with E-state index in [2.05, 4.69) is 67.1 Å². The van der Waals surface area contributed by atoms with Crippen molar-refractivity contribution in [2.45, 2.75) is 33.7 Å². The van der Waals surface area contributed by atoms with Gasteiger partial charge in [-0.1, -0.05) is 55.8 Å². The Hall–Kier alpha value is -0.380. The zero-order valence-electron chi connectivity index (χ0n) is 12.5. The van der Waals surface area contributed by atoms with Crippen molar-refractivity contribution < 1.29 is 0 Å². The number of halogens is 1. The Morgan fingerprint density at radius 2 is 1.79 bits per heavy atom. The molecule has 19 heavy (non-hydrogen) atoms. The number of hydrogen-bond acceptors (Lipinski definition) is 2. The van der Waals surface area contributed by atoms with E-state index in [0.717, 1.165) is 11.0 Å². The van der Waals surface area contributed by atoms with Gasteiger partial charge in [0.25, 0.3) is 0 Å². The van der Waals surface area contributed by atoms with Crippen molar-refractivity contribution in [3.63, 3.8) is 0 Å². The summed E-state index contributed by atoms with van der Waals surface area (Å²) in [5.74, 6) is 2.06. The van der Waals surface area contributed by atoms with Gasteiger partial charge < -0.3 is 11.1 Å². The zero-order valence-corrected chi connectivity index (χ0v) is 14.1. The van der Waals surface area contributed by atoms with Gasteiger partial charge in [0.2, 0.25) is 0 Å². The summed E-state index contributed by atoms with van der Waals surface area (Å²) in [6, 6.07) is 8.62. The second kappa shape index (κ2) is 8.03. The van der Waals surface area contributed by atoms with Gasteiger partial charge in [-0.3, -0.25) is 0 Å². The molecule has 3 heteroatoms. The summed E-state index contributed by atoms with van der Waals surface area (Å²) in [7, 11) is 0. The van der Waals surface area contributed by atoms with E-state index < -0.39 is 0 Å². The maximum atomic E-state index is 5.92. The number of nitrogens with two attached hydrogens (primary N) is 1. The summed E-state index contributed by atoms with van der Waals surface area (Å²) in [6.45, 7) is 10.8. The van der Waals surface area contributed by atoms with Gasteiger partial charge in [0.05, 0.1) is 0 Å². The fourth-order valence-corrected chi connectivity index (χ4v) is 3.00. The lowest BCUT2D eigenvalue weighted by Gasteiger charge is -2.28. The SMILES string of the molecule is CC(C)C(CNC(CN)c1cccc(Br)c1)C(C)C. The molecule has 0 spiro atoms. The maximum Gasteiger partial charge on any atom is 0.0445 e. The van der Waals surface area contributed by atoms with Crippen LogP contribution in [0.4, 0.5) is 0 Å². The Morgan fingerprint density at radius 3 is 2.26 bits per heavy atom. The van der Waals surface area contributed by atoms with Crippen LogP contribution in [0, 0.1) is 17.8 Å². The molecule has 0 bridgehead atoms. The van der Waals surface area contributed by atoms with Crippen molar-refractivity contribution in [1.82, 2.24) is 5.32 Å². The van der Waals surface area contributed by atoms with Gasteiger partial charge in [-0.25, -0.2) is 0 Å². The highest BCUT2D eigenvalue weighted by Gasteiger charge is 2.19. The Labute approximate surface area is 126 Å². The lowest BCUT2D eigenvalue weighted by atomic mass is 9.85. The first-order valence-electron chi connectivity index (χ1n) is 7.14. The average Bonchev–Trinajstić information content (AvgIpc) is 2.33. The Balaban J connectivity index is 2.67. The highest BCUT2D eigenvalue weighted by Crippen LogP contribution is 2.22. The van der Waals surface area contributed by atoms with Crippen LogP contribution >= 0.6 is 15.9 Å². The standard InChI is InChI=1S/C16H27BrN2/c1-11(2)15(12(3)4)10-19-16(9-18)13-6-5-7-14(17)8-13/h5-8,11-12,15-16,19H,9-10,18H2,1-4H3. The molecular weight excluding hydrogens is 300 g/mol. The second-order valence-electron chi connectivity index (χ2n) is 5.90. The zero-order chi connectivity index (χ0) is 14.4. The van der Waals surface area contributed by atoms with E-state index in [1.54, 1.807) is 0 Å². The Morgan fingerprint density at radius 1 is 1.16 bits per heavy atom. The summed E-state index contributed by atoms with van der Waals surface area (Å²) in [4.78, 5) is 0. The van der Waals surface area contributed by atoms with E-state index in [9.17, 15) is 0 Å². The first-order chi connectivity index (χ1) is 8.95. The molecule has 1 atom stereocenters. The molecule has 1 unspecified atom stereocenters. The molecule has 1 aromatic rings. The molecule has 0 aliphatic rings. The van der Waals surface area contributed by atoms with Gasteiger partial charge >= 0.3 is 0 Å². The van der Waals surface area contributed by atoms with Gasteiger partial charge in [-0.05, 0) is 42.0 Å². The largest absolute Gasteiger partial charge is 0.329 e. The van der Waals surface area contributed by atoms with Crippen LogP contribution in [0.1, 0.15) is 39.3 Å². The van der Waals surface area contributed by atoms with Crippen LogP contribution in [0.5, 0.6) is 0 Å². The normalized spacial score (nSPS) is 13.5. The minimum absolute atomic E-state index is 0.234. The highest BCUT2D eigenvalue weighted by atomic mass is 79.9. The molecule has 0 fully saturated rings. The van der Waals surface area contributed by atoms with Crippen LogP contribution in [0.25, 0.3) is 0 Å². The van der Waals surface area contributed by atoms with Crippen molar-refractivity contribution >= 4 is 15.9 Å². The van der Waals surface area contributed by atoms with Crippen molar-refractivity contribution in [2.24, 2.45) is 23.5 Å². The average molecular weight is 327 g/mol. The van der Waals surface area contributed by atoms with Crippen molar-refractivity contribution in [3.8, 4) is 0 Å². The number of hydrogen-bond donors (Lipinski definition) is 2. The van der Waals surface area contributed by atoms with E-state index in [1.165, 1.54) is 5.56 Å². The van der Waals surface area contributed by atoms with Crippen LogP contribution in [0.3, 0.4) is 0 Å². The van der Waals surface area contributed by atoms with Gasteiger partial charge in [0.15, 0.2) is 0 Å². The molecule has 0 saturated carbocycles. The predicted octanol–water partition coefficient (Wildman–Crippen LogP) is 3.97. The molecule has 0 amide bonds. The molecular formula is C16H27BrN2. The fourth-order valence-electron chi connectivity index (χ4n) is 2.58.